The van der Waals surface area contributed by atoms with E-state index >= 15 is 0 Å². The number of carbonyl (C=O) groups is 2. The van der Waals surface area contributed by atoms with Gasteiger partial charge in [-0.3, -0.25) is 9.59 Å². The third kappa shape index (κ3) is 3.54. The molecule has 1 aromatic rings. The highest BCUT2D eigenvalue weighted by Crippen LogP contribution is 2.28. The summed E-state index contributed by atoms with van der Waals surface area (Å²) in [6, 6.07) is 3.63. The lowest BCUT2D eigenvalue weighted by molar-refractivity contribution is -0.135. The molecule has 23 heavy (non-hydrogen) atoms. The average molecular weight is 358 g/mol. The highest BCUT2D eigenvalue weighted by atomic mass is 35.5. The first kappa shape index (κ1) is 18.2. The molecule has 0 saturated carbocycles. The maximum atomic E-state index is 12.9. The van der Waals surface area contributed by atoms with Crippen LogP contribution in [0.2, 0.25) is 0 Å². The fourth-order valence-electron chi connectivity index (χ4n) is 3.62. The minimum absolute atomic E-state index is 0. The Morgan fingerprint density at radius 2 is 2.17 bits per heavy atom. The van der Waals surface area contributed by atoms with Crippen LogP contribution in [0.3, 0.4) is 0 Å². The second kappa shape index (κ2) is 7.64. The van der Waals surface area contributed by atoms with E-state index in [1.165, 1.54) is 11.3 Å². The molecule has 0 bridgehead atoms. The van der Waals surface area contributed by atoms with Gasteiger partial charge >= 0.3 is 0 Å². The van der Waals surface area contributed by atoms with Gasteiger partial charge in [0.1, 0.15) is 6.04 Å². The predicted octanol–water partition coefficient (Wildman–Crippen LogP) is 1.97. The van der Waals surface area contributed by atoms with Crippen molar-refractivity contribution in [2.24, 2.45) is 11.7 Å². The average Bonchev–Trinajstić information content (AvgIpc) is 3.25. The van der Waals surface area contributed by atoms with E-state index in [9.17, 15) is 9.59 Å². The molecule has 2 fully saturated rings. The van der Waals surface area contributed by atoms with E-state index in [0.29, 0.717) is 23.9 Å². The zero-order valence-electron chi connectivity index (χ0n) is 13.3. The molecule has 5 nitrogen and oxygen atoms in total. The van der Waals surface area contributed by atoms with E-state index in [0.717, 1.165) is 25.8 Å². The molecule has 3 rings (SSSR count). The molecule has 0 spiro atoms. The lowest BCUT2D eigenvalue weighted by Gasteiger charge is -2.30. The van der Waals surface area contributed by atoms with Crippen molar-refractivity contribution >= 4 is 35.6 Å². The molecule has 1 aromatic heterocycles. The number of amides is 2. The number of hydrogen-bond acceptors (Lipinski definition) is 4. The molecule has 2 amide bonds. The second-order valence-corrected chi connectivity index (χ2v) is 7.26. The number of rotatable bonds is 3. The van der Waals surface area contributed by atoms with Gasteiger partial charge in [0.15, 0.2) is 0 Å². The lowest BCUT2D eigenvalue weighted by atomic mass is 10.1. The van der Waals surface area contributed by atoms with E-state index in [-0.39, 0.29) is 36.3 Å². The van der Waals surface area contributed by atoms with Gasteiger partial charge in [0.2, 0.25) is 5.91 Å². The van der Waals surface area contributed by atoms with Crippen LogP contribution in [0.1, 0.15) is 35.9 Å². The standard InChI is InChI=1S/C16H23N3O2S.ClH/c1-11-8-12(9-17)10-19(11)15(20)13-4-2-6-18(13)16(21)14-5-3-7-22-14;/h3,5,7,11-13H,2,4,6,8-10,17H2,1H3;1H. The summed E-state index contributed by atoms with van der Waals surface area (Å²) in [5.41, 5.74) is 5.75. The molecular weight excluding hydrogens is 334 g/mol. The maximum Gasteiger partial charge on any atom is 0.264 e. The summed E-state index contributed by atoms with van der Waals surface area (Å²) < 4.78 is 0. The zero-order valence-corrected chi connectivity index (χ0v) is 14.9. The van der Waals surface area contributed by atoms with Crippen LogP contribution in [-0.2, 0) is 4.79 Å². The van der Waals surface area contributed by atoms with Crippen LogP contribution in [0, 0.1) is 5.92 Å². The summed E-state index contributed by atoms with van der Waals surface area (Å²) in [5.74, 6) is 0.487. The number of likely N-dealkylation sites (tertiary alicyclic amines) is 2. The van der Waals surface area contributed by atoms with Gasteiger partial charge in [-0.15, -0.1) is 23.7 Å². The molecule has 3 atom stereocenters. The van der Waals surface area contributed by atoms with Crippen LogP contribution in [-0.4, -0.2) is 53.3 Å². The lowest BCUT2D eigenvalue weighted by Crippen LogP contribution is -2.48. The van der Waals surface area contributed by atoms with Crippen molar-refractivity contribution in [2.75, 3.05) is 19.6 Å². The first-order chi connectivity index (χ1) is 10.6. The maximum absolute atomic E-state index is 12.9. The summed E-state index contributed by atoms with van der Waals surface area (Å²) in [6.07, 6.45) is 2.64. The number of nitrogens with two attached hydrogens (primary N) is 1. The Bertz CT molecular complexity index is 552. The van der Waals surface area contributed by atoms with Crippen molar-refractivity contribution in [1.29, 1.82) is 0 Å². The van der Waals surface area contributed by atoms with Crippen LogP contribution < -0.4 is 5.73 Å². The number of halogens is 1. The van der Waals surface area contributed by atoms with Gasteiger partial charge in [0.25, 0.3) is 5.91 Å². The molecule has 2 saturated heterocycles. The Kier molecular flexibility index (Phi) is 6.06. The Morgan fingerprint density at radius 1 is 1.39 bits per heavy atom. The summed E-state index contributed by atoms with van der Waals surface area (Å²) in [4.78, 5) is 29.9. The van der Waals surface area contributed by atoms with Gasteiger partial charge in [-0.1, -0.05) is 6.07 Å². The van der Waals surface area contributed by atoms with E-state index in [2.05, 4.69) is 6.92 Å². The van der Waals surface area contributed by atoms with Crippen molar-refractivity contribution in [3.8, 4) is 0 Å². The van der Waals surface area contributed by atoms with Crippen molar-refractivity contribution in [1.82, 2.24) is 9.80 Å². The monoisotopic (exact) mass is 357 g/mol. The van der Waals surface area contributed by atoms with Crippen molar-refractivity contribution in [3.05, 3.63) is 22.4 Å². The first-order valence-corrected chi connectivity index (χ1v) is 8.84. The summed E-state index contributed by atoms with van der Waals surface area (Å²) >= 11 is 1.44. The molecule has 0 radical (unpaired) electrons. The predicted molar refractivity (Wildman–Crippen MR) is 94.0 cm³/mol. The Hall–Kier alpha value is -1.11. The molecule has 2 aliphatic rings. The number of thiophene rings is 1. The number of nitrogens with zero attached hydrogens (tertiary/aromatic N) is 2. The molecule has 0 aliphatic carbocycles. The third-order valence-corrected chi connectivity index (χ3v) is 5.67. The van der Waals surface area contributed by atoms with Gasteiger partial charge < -0.3 is 15.5 Å². The minimum atomic E-state index is -0.298. The van der Waals surface area contributed by atoms with E-state index in [4.69, 9.17) is 5.73 Å². The fourth-order valence-corrected chi connectivity index (χ4v) is 4.30. The van der Waals surface area contributed by atoms with Crippen LogP contribution in [0.5, 0.6) is 0 Å². The highest BCUT2D eigenvalue weighted by molar-refractivity contribution is 7.12. The number of carbonyl (C=O) groups excluding carboxylic acids is 2. The van der Waals surface area contributed by atoms with Crippen LogP contribution in [0.4, 0.5) is 0 Å². The molecule has 7 heteroatoms. The van der Waals surface area contributed by atoms with Crippen LogP contribution in [0.25, 0.3) is 0 Å². The fraction of sp³-hybridized carbons (Fsp3) is 0.625. The summed E-state index contributed by atoms with van der Waals surface area (Å²) in [6.45, 7) is 4.11. The summed E-state index contributed by atoms with van der Waals surface area (Å²) in [5, 5.41) is 1.90. The molecule has 0 aromatic carbocycles. The summed E-state index contributed by atoms with van der Waals surface area (Å²) in [7, 11) is 0. The third-order valence-electron chi connectivity index (χ3n) is 4.81. The molecule has 2 N–H and O–H groups in total. The molecule has 2 aliphatic heterocycles. The van der Waals surface area contributed by atoms with Crippen molar-refractivity contribution in [3.63, 3.8) is 0 Å². The van der Waals surface area contributed by atoms with Gasteiger partial charge in [0.05, 0.1) is 4.88 Å². The van der Waals surface area contributed by atoms with Crippen molar-refractivity contribution in [2.45, 2.75) is 38.3 Å². The second-order valence-electron chi connectivity index (χ2n) is 6.31. The van der Waals surface area contributed by atoms with Gasteiger partial charge in [-0.05, 0) is 50.1 Å². The molecule has 3 heterocycles. The Labute approximate surface area is 147 Å². The quantitative estimate of drug-likeness (QED) is 0.899. The Balaban J connectivity index is 0.00000192. The van der Waals surface area contributed by atoms with E-state index < -0.39 is 0 Å². The largest absolute Gasteiger partial charge is 0.338 e. The van der Waals surface area contributed by atoms with Crippen LogP contribution >= 0.6 is 23.7 Å². The van der Waals surface area contributed by atoms with Gasteiger partial charge in [-0.25, -0.2) is 0 Å². The molecule has 3 unspecified atom stereocenters. The minimum Gasteiger partial charge on any atom is -0.338 e. The van der Waals surface area contributed by atoms with E-state index in [1.54, 1.807) is 4.90 Å². The first-order valence-electron chi connectivity index (χ1n) is 7.96. The van der Waals surface area contributed by atoms with E-state index in [1.807, 2.05) is 22.4 Å². The van der Waals surface area contributed by atoms with Gasteiger partial charge in [-0.2, -0.15) is 0 Å². The molecular formula is C16H24ClN3O2S. The normalized spacial score (nSPS) is 27.1. The van der Waals surface area contributed by atoms with Crippen LogP contribution in [0.15, 0.2) is 17.5 Å². The van der Waals surface area contributed by atoms with Crippen molar-refractivity contribution < 1.29 is 9.59 Å². The smallest absolute Gasteiger partial charge is 0.264 e. The van der Waals surface area contributed by atoms with Gasteiger partial charge in [0, 0.05) is 19.1 Å². The number of hydrogen-bond donors (Lipinski definition) is 1. The highest BCUT2D eigenvalue weighted by Gasteiger charge is 2.41. The topological polar surface area (TPSA) is 66.6 Å². The Morgan fingerprint density at radius 3 is 2.78 bits per heavy atom. The SMILES string of the molecule is CC1CC(CN)CN1C(=O)C1CCCN1C(=O)c1cccs1.Cl. The zero-order chi connectivity index (χ0) is 15.7. The molecule has 128 valence electrons.